The van der Waals surface area contributed by atoms with E-state index in [1.54, 1.807) is 12.1 Å². The van der Waals surface area contributed by atoms with Crippen molar-refractivity contribution in [3.63, 3.8) is 0 Å². The second-order valence-electron chi connectivity index (χ2n) is 5.67. The van der Waals surface area contributed by atoms with Crippen LogP contribution in [0.5, 0.6) is 0 Å². The molecule has 1 amide bonds. The van der Waals surface area contributed by atoms with Crippen LogP contribution in [0.4, 0.5) is 0 Å². The first-order chi connectivity index (χ1) is 11.7. The van der Waals surface area contributed by atoms with Gasteiger partial charge in [0.1, 0.15) is 5.82 Å². The van der Waals surface area contributed by atoms with E-state index in [1.807, 2.05) is 30.3 Å². The Morgan fingerprint density at radius 2 is 1.88 bits per heavy atom. The van der Waals surface area contributed by atoms with E-state index < -0.39 is 0 Å². The van der Waals surface area contributed by atoms with Gasteiger partial charge in [-0.1, -0.05) is 24.3 Å². The molecule has 132 valence electrons. The quantitative estimate of drug-likeness (QED) is 0.711. The zero-order valence-electron chi connectivity index (χ0n) is 14.2. The molecule has 3 N–H and O–H groups in total. The number of amides is 1. The zero-order chi connectivity index (χ0) is 16.9. The molecule has 1 heterocycles. The van der Waals surface area contributed by atoms with Crippen molar-refractivity contribution in [1.29, 1.82) is 0 Å². The summed E-state index contributed by atoms with van der Waals surface area (Å²) in [5.74, 6) is 0.926. The number of para-hydroxylation sites is 2. The van der Waals surface area contributed by atoms with Gasteiger partial charge in [0.15, 0.2) is 0 Å². The van der Waals surface area contributed by atoms with Crippen LogP contribution in [0.15, 0.2) is 48.5 Å². The molecule has 3 rings (SSSR count). The summed E-state index contributed by atoms with van der Waals surface area (Å²) >= 11 is 0. The van der Waals surface area contributed by atoms with Crippen LogP contribution in [0.1, 0.15) is 28.7 Å². The molecule has 0 radical (unpaired) electrons. The summed E-state index contributed by atoms with van der Waals surface area (Å²) in [6.07, 6.45) is 0.704. The van der Waals surface area contributed by atoms with Gasteiger partial charge in [-0.3, -0.25) is 4.79 Å². The monoisotopic (exact) mass is 358 g/mol. The minimum Gasteiger partial charge on any atom is -0.352 e. The molecular weight excluding hydrogens is 336 g/mol. The second-order valence-corrected chi connectivity index (χ2v) is 5.67. The van der Waals surface area contributed by atoms with Crippen LogP contribution in [0, 0.1) is 0 Å². The van der Waals surface area contributed by atoms with Gasteiger partial charge in [0.25, 0.3) is 5.91 Å². The average Bonchev–Trinajstić information content (AvgIpc) is 2.99. The van der Waals surface area contributed by atoms with Crippen LogP contribution in [0.25, 0.3) is 11.0 Å². The van der Waals surface area contributed by atoms with E-state index in [4.69, 9.17) is 5.73 Å². The molecule has 0 bridgehead atoms. The number of carbonyl (C=O) groups excluding carboxylic acids is 1. The number of hydrogen-bond donors (Lipinski definition) is 2. The first kappa shape index (κ1) is 19.0. The van der Waals surface area contributed by atoms with E-state index in [0.29, 0.717) is 25.1 Å². The highest BCUT2D eigenvalue weighted by Crippen LogP contribution is 2.16. The molecule has 0 spiro atoms. The van der Waals surface area contributed by atoms with E-state index in [1.165, 1.54) is 0 Å². The summed E-state index contributed by atoms with van der Waals surface area (Å²) in [5, 5.41) is 2.96. The van der Waals surface area contributed by atoms with Gasteiger partial charge in [0.2, 0.25) is 0 Å². The summed E-state index contributed by atoms with van der Waals surface area (Å²) < 4.78 is 2.19. The number of aryl methyl sites for hydroxylation is 1. The third-order valence-electron chi connectivity index (χ3n) is 4.14. The van der Waals surface area contributed by atoms with Crippen molar-refractivity contribution in [1.82, 2.24) is 14.9 Å². The summed E-state index contributed by atoms with van der Waals surface area (Å²) in [6.45, 7) is 4.01. The Morgan fingerprint density at radius 1 is 1.16 bits per heavy atom. The Morgan fingerprint density at radius 3 is 2.56 bits per heavy atom. The van der Waals surface area contributed by atoms with Gasteiger partial charge < -0.3 is 15.6 Å². The van der Waals surface area contributed by atoms with Crippen molar-refractivity contribution in [2.45, 2.75) is 26.4 Å². The number of aromatic nitrogens is 2. The lowest BCUT2D eigenvalue weighted by molar-refractivity contribution is 0.0954. The summed E-state index contributed by atoms with van der Waals surface area (Å²) in [5.41, 5.74) is 9.37. The number of nitrogens with one attached hydrogen (secondary N) is 1. The van der Waals surface area contributed by atoms with Crippen LogP contribution >= 0.6 is 12.4 Å². The smallest absolute Gasteiger partial charge is 0.251 e. The fraction of sp³-hybridized carbons (Fsp3) is 0.263. The molecule has 1 aromatic heterocycles. The number of rotatable bonds is 6. The molecule has 2 aromatic carbocycles. The van der Waals surface area contributed by atoms with Gasteiger partial charge in [-0.2, -0.15) is 0 Å². The minimum absolute atomic E-state index is 0. The molecule has 0 unspecified atom stereocenters. The molecule has 0 aliphatic rings. The molecule has 3 aromatic rings. The first-order valence-electron chi connectivity index (χ1n) is 8.24. The van der Waals surface area contributed by atoms with Crippen LogP contribution in [-0.4, -0.2) is 22.0 Å². The summed E-state index contributed by atoms with van der Waals surface area (Å²) in [7, 11) is 0. The standard InChI is InChI=1S/C19H22N4O.ClH/c1-2-23-17-6-4-3-5-16(17)22-18(23)11-12-21-19(24)15-9-7-14(13-20)8-10-15;/h3-10H,2,11-13,20H2,1H3,(H,21,24);1H. The van der Waals surface area contributed by atoms with Gasteiger partial charge in [-0.25, -0.2) is 4.98 Å². The highest BCUT2D eigenvalue weighted by Gasteiger charge is 2.10. The van der Waals surface area contributed by atoms with Crippen molar-refractivity contribution < 1.29 is 4.79 Å². The highest BCUT2D eigenvalue weighted by atomic mass is 35.5. The summed E-state index contributed by atoms with van der Waals surface area (Å²) in [6, 6.07) is 15.5. The van der Waals surface area contributed by atoms with E-state index in [0.717, 1.165) is 29.0 Å². The minimum atomic E-state index is -0.0715. The Kier molecular flexibility index (Phi) is 6.56. The third kappa shape index (κ3) is 4.18. The van der Waals surface area contributed by atoms with Crippen LogP contribution in [0.2, 0.25) is 0 Å². The van der Waals surface area contributed by atoms with Crippen LogP contribution < -0.4 is 11.1 Å². The Bertz CT molecular complexity index is 842. The molecule has 5 nitrogen and oxygen atoms in total. The second kappa shape index (κ2) is 8.65. The normalized spacial score (nSPS) is 10.5. The lowest BCUT2D eigenvalue weighted by Gasteiger charge is -2.08. The zero-order valence-corrected chi connectivity index (χ0v) is 15.1. The maximum Gasteiger partial charge on any atom is 0.251 e. The van der Waals surface area contributed by atoms with Gasteiger partial charge in [0, 0.05) is 31.6 Å². The molecule has 0 fully saturated rings. The third-order valence-corrected chi connectivity index (χ3v) is 4.14. The molecule has 0 saturated heterocycles. The molecule has 6 heteroatoms. The molecule has 0 aliphatic heterocycles. The maximum absolute atomic E-state index is 12.2. The Labute approximate surface area is 153 Å². The number of halogens is 1. The molecular formula is C19H23ClN4O. The van der Waals surface area contributed by atoms with Crippen LogP contribution in [0.3, 0.4) is 0 Å². The van der Waals surface area contributed by atoms with Crippen molar-refractivity contribution in [2.75, 3.05) is 6.54 Å². The average molecular weight is 359 g/mol. The predicted molar refractivity (Wildman–Crippen MR) is 103 cm³/mol. The number of benzene rings is 2. The van der Waals surface area contributed by atoms with Crippen molar-refractivity contribution >= 4 is 29.3 Å². The summed E-state index contributed by atoms with van der Waals surface area (Å²) in [4.78, 5) is 16.9. The topological polar surface area (TPSA) is 72.9 Å². The van der Waals surface area contributed by atoms with Gasteiger partial charge in [0.05, 0.1) is 11.0 Å². The predicted octanol–water partition coefficient (Wildman–Crippen LogP) is 2.91. The lowest BCUT2D eigenvalue weighted by Crippen LogP contribution is -2.26. The molecule has 0 saturated carbocycles. The van der Waals surface area contributed by atoms with E-state index >= 15 is 0 Å². The number of imidazole rings is 1. The first-order valence-corrected chi connectivity index (χ1v) is 8.24. The van der Waals surface area contributed by atoms with Crippen molar-refractivity contribution in [3.05, 3.63) is 65.5 Å². The number of fused-ring (bicyclic) bond motifs is 1. The number of hydrogen-bond acceptors (Lipinski definition) is 3. The van der Waals surface area contributed by atoms with E-state index in [9.17, 15) is 4.79 Å². The molecule has 0 aliphatic carbocycles. The highest BCUT2D eigenvalue weighted by molar-refractivity contribution is 5.94. The SMILES string of the molecule is CCn1c(CCNC(=O)c2ccc(CN)cc2)nc2ccccc21.Cl. The van der Waals surface area contributed by atoms with Gasteiger partial charge in [-0.15, -0.1) is 12.4 Å². The lowest BCUT2D eigenvalue weighted by atomic mass is 10.1. The molecule has 25 heavy (non-hydrogen) atoms. The fourth-order valence-corrected chi connectivity index (χ4v) is 2.85. The largest absolute Gasteiger partial charge is 0.352 e. The van der Waals surface area contributed by atoms with E-state index in [2.05, 4.69) is 27.9 Å². The fourth-order valence-electron chi connectivity index (χ4n) is 2.85. The van der Waals surface area contributed by atoms with Crippen molar-refractivity contribution in [2.24, 2.45) is 5.73 Å². The van der Waals surface area contributed by atoms with Crippen molar-refractivity contribution in [3.8, 4) is 0 Å². The maximum atomic E-state index is 12.2. The number of nitrogens with zero attached hydrogens (tertiary/aromatic N) is 2. The van der Waals surface area contributed by atoms with Gasteiger partial charge in [-0.05, 0) is 36.8 Å². The Balaban J connectivity index is 0.00000225. The number of nitrogens with two attached hydrogens (primary N) is 1. The van der Waals surface area contributed by atoms with Gasteiger partial charge >= 0.3 is 0 Å². The Hall–Kier alpha value is -2.37. The van der Waals surface area contributed by atoms with E-state index in [-0.39, 0.29) is 18.3 Å². The molecule has 0 atom stereocenters. The number of carbonyl (C=O) groups is 1. The van der Waals surface area contributed by atoms with Crippen LogP contribution in [-0.2, 0) is 19.5 Å².